The van der Waals surface area contributed by atoms with Gasteiger partial charge in [-0.05, 0) is 47.5 Å². The van der Waals surface area contributed by atoms with Crippen LogP contribution in [0.5, 0.6) is 0 Å². The summed E-state index contributed by atoms with van der Waals surface area (Å²) in [5.41, 5.74) is -0.291. The van der Waals surface area contributed by atoms with Crippen LogP contribution in [0.25, 0.3) is 0 Å². The first-order valence-electron chi connectivity index (χ1n) is 9.21. The molecule has 0 aromatic carbocycles. The van der Waals surface area contributed by atoms with Crippen molar-refractivity contribution in [3.63, 3.8) is 0 Å². The molecule has 0 aromatic rings. The van der Waals surface area contributed by atoms with Crippen molar-refractivity contribution >= 4 is 6.09 Å². The summed E-state index contributed by atoms with van der Waals surface area (Å²) in [6, 6.07) is 0.476. The Balaban J connectivity index is 1.72. The molecule has 0 unspecified atom stereocenters. The number of carbonyl (C=O) groups is 1. The molecular weight excluding hydrogens is 306 g/mol. The number of piperidine rings is 1. The summed E-state index contributed by atoms with van der Waals surface area (Å²) in [4.78, 5) is 16.4. The van der Waals surface area contributed by atoms with Crippen LogP contribution in [0.4, 0.5) is 4.79 Å². The van der Waals surface area contributed by atoms with Crippen LogP contribution in [0, 0.1) is 0 Å². The van der Waals surface area contributed by atoms with E-state index in [0.717, 1.165) is 58.8 Å². The molecule has 0 aromatic heterocycles. The first kappa shape index (κ1) is 19.5. The maximum Gasteiger partial charge on any atom is 0.410 e. The second kappa shape index (κ2) is 8.02. The van der Waals surface area contributed by atoms with E-state index in [1.54, 1.807) is 0 Å². The molecule has 0 saturated carbocycles. The number of amides is 1. The number of ether oxygens (including phenoxy) is 2. The Hall–Kier alpha value is -0.850. The SMILES string of the molecule is CC(C)(C)OC(=O)N1CCC(NCC(C)(C)N2CCOCC2)CC1. The third kappa shape index (κ3) is 5.90. The predicted octanol–water partition coefficient (Wildman–Crippen LogP) is 2.09. The number of likely N-dealkylation sites (tertiary alicyclic amines) is 1. The Labute approximate surface area is 146 Å². The predicted molar refractivity (Wildman–Crippen MR) is 95.3 cm³/mol. The minimum atomic E-state index is -0.422. The summed E-state index contributed by atoms with van der Waals surface area (Å²) in [5.74, 6) is 0. The van der Waals surface area contributed by atoms with E-state index in [9.17, 15) is 4.79 Å². The van der Waals surface area contributed by atoms with Crippen molar-refractivity contribution in [2.24, 2.45) is 0 Å². The minimum Gasteiger partial charge on any atom is -0.444 e. The van der Waals surface area contributed by atoms with E-state index < -0.39 is 5.60 Å². The molecule has 2 aliphatic heterocycles. The molecule has 1 amide bonds. The lowest BCUT2D eigenvalue weighted by atomic mass is 9.99. The van der Waals surface area contributed by atoms with Crippen LogP contribution in [0.1, 0.15) is 47.5 Å². The van der Waals surface area contributed by atoms with Gasteiger partial charge >= 0.3 is 6.09 Å². The summed E-state index contributed by atoms with van der Waals surface area (Å²) >= 11 is 0. The molecule has 0 atom stereocenters. The van der Waals surface area contributed by atoms with Gasteiger partial charge in [-0.25, -0.2) is 4.79 Å². The zero-order valence-corrected chi connectivity index (χ0v) is 16.1. The van der Waals surface area contributed by atoms with Gasteiger partial charge in [0, 0.05) is 44.3 Å². The van der Waals surface area contributed by atoms with Gasteiger partial charge in [-0.2, -0.15) is 0 Å². The summed E-state index contributed by atoms with van der Waals surface area (Å²) in [6.45, 7) is 16.5. The molecule has 0 aliphatic carbocycles. The van der Waals surface area contributed by atoms with Crippen molar-refractivity contribution in [1.29, 1.82) is 0 Å². The van der Waals surface area contributed by atoms with Gasteiger partial charge in [-0.3, -0.25) is 4.90 Å². The molecule has 2 rings (SSSR count). The molecule has 2 fully saturated rings. The Morgan fingerprint density at radius 3 is 2.21 bits per heavy atom. The molecule has 140 valence electrons. The lowest BCUT2D eigenvalue weighted by Gasteiger charge is -2.42. The highest BCUT2D eigenvalue weighted by molar-refractivity contribution is 5.68. The summed E-state index contributed by atoms with van der Waals surface area (Å²) in [6.07, 6.45) is 1.78. The summed E-state index contributed by atoms with van der Waals surface area (Å²) in [7, 11) is 0. The van der Waals surface area contributed by atoms with Gasteiger partial charge in [0.25, 0.3) is 0 Å². The molecule has 0 spiro atoms. The van der Waals surface area contributed by atoms with E-state index in [2.05, 4.69) is 24.1 Å². The van der Waals surface area contributed by atoms with Gasteiger partial charge in [-0.1, -0.05) is 0 Å². The van der Waals surface area contributed by atoms with Crippen LogP contribution in [-0.2, 0) is 9.47 Å². The fourth-order valence-corrected chi connectivity index (χ4v) is 3.27. The van der Waals surface area contributed by atoms with Gasteiger partial charge in [0.15, 0.2) is 0 Å². The third-order valence-corrected chi connectivity index (χ3v) is 4.84. The number of hydrogen-bond donors (Lipinski definition) is 1. The summed E-state index contributed by atoms with van der Waals surface area (Å²) in [5, 5.41) is 3.71. The van der Waals surface area contributed by atoms with Gasteiger partial charge < -0.3 is 19.7 Å². The molecular formula is C18H35N3O3. The van der Waals surface area contributed by atoms with Crippen LogP contribution in [0.2, 0.25) is 0 Å². The molecule has 0 bridgehead atoms. The van der Waals surface area contributed by atoms with E-state index in [0.29, 0.717) is 6.04 Å². The quantitative estimate of drug-likeness (QED) is 0.848. The first-order valence-corrected chi connectivity index (χ1v) is 9.21. The molecule has 1 N–H and O–H groups in total. The zero-order valence-electron chi connectivity index (χ0n) is 16.1. The van der Waals surface area contributed by atoms with E-state index in [-0.39, 0.29) is 11.6 Å². The average Bonchev–Trinajstić information content (AvgIpc) is 2.53. The number of rotatable bonds is 4. The first-order chi connectivity index (χ1) is 11.2. The van der Waals surface area contributed by atoms with Crippen LogP contribution in [0.3, 0.4) is 0 Å². The van der Waals surface area contributed by atoms with E-state index in [4.69, 9.17) is 9.47 Å². The molecule has 2 aliphatic rings. The van der Waals surface area contributed by atoms with E-state index in [1.165, 1.54) is 0 Å². The second-order valence-corrected chi connectivity index (χ2v) is 8.53. The number of nitrogens with zero attached hydrogens (tertiary/aromatic N) is 2. The van der Waals surface area contributed by atoms with Crippen LogP contribution < -0.4 is 5.32 Å². The number of carbonyl (C=O) groups excluding carboxylic acids is 1. The fourth-order valence-electron chi connectivity index (χ4n) is 3.27. The molecule has 2 heterocycles. The maximum absolute atomic E-state index is 12.1. The number of nitrogens with one attached hydrogen (secondary N) is 1. The summed E-state index contributed by atoms with van der Waals surface area (Å²) < 4.78 is 10.9. The van der Waals surface area contributed by atoms with Gasteiger partial charge in [0.05, 0.1) is 13.2 Å². The highest BCUT2D eigenvalue weighted by atomic mass is 16.6. The molecule has 6 heteroatoms. The maximum atomic E-state index is 12.1. The molecule has 2 saturated heterocycles. The van der Waals surface area contributed by atoms with Crippen LogP contribution in [0.15, 0.2) is 0 Å². The van der Waals surface area contributed by atoms with Crippen molar-refractivity contribution in [3.8, 4) is 0 Å². The molecule has 24 heavy (non-hydrogen) atoms. The Kier molecular flexibility index (Phi) is 6.51. The highest BCUT2D eigenvalue weighted by Crippen LogP contribution is 2.18. The lowest BCUT2D eigenvalue weighted by Crippen LogP contribution is -2.57. The van der Waals surface area contributed by atoms with Crippen molar-refractivity contribution in [1.82, 2.24) is 15.1 Å². The smallest absolute Gasteiger partial charge is 0.410 e. The van der Waals surface area contributed by atoms with Crippen molar-refractivity contribution in [2.45, 2.75) is 64.6 Å². The van der Waals surface area contributed by atoms with Crippen molar-refractivity contribution in [3.05, 3.63) is 0 Å². The van der Waals surface area contributed by atoms with Gasteiger partial charge in [-0.15, -0.1) is 0 Å². The van der Waals surface area contributed by atoms with Crippen LogP contribution >= 0.6 is 0 Å². The van der Waals surface area contributed by atoms with Crippen LogP contribution in [-0.4, -0.2) is 79.0 Å². The highest BCUT2D eigenvalue weighted by Gasteiger charge is 2.31. The van der Waals surface area contributed by atoms with E-state index >= 15 is 0 Å². The lowest BCUT2D eigenvalue weighted by molar-refractivity contribution is -0.0113. The van der Waals surface area contributed by atoms with Crippen molar-refractivity contribution in [2.75, 3.05) is 45.9 Å². The minimum absolute atomic E-state index is 0.131. The second-order valence-electron chi connectivity index (χ2n) is 8.53. The molecule has 6 nitrogen and oxygen atoms in total. The van der Waals surface area contributed by atoms with Gasteiger partial charge in [0.2, 0.25) is 0 Å². The molecule has 0 radical (unpaired) electrons. The fraction of sp³-hybridized carbons (Fsp3) is 0.944. The van der Waals surface area contributed by atoms with Gasteiger partial charge in [0.1, 0.15) is 5.60 Å². The number of morpholine rings is 1. The monoisotopic (exact) mass is 341 g/mol. The standard InChI is InChI=1S/C18H35N3O3/c1-17(2,3)24-16(22)20-8-6-15(7-9-20)19-14-18(4,5)21-10-12-23-13-11-21/h15,19H,6-14H2,1-5H3. The third-order valence-electron chi connectivity index (χ3n) is 4.84. The van der Waals surface area contributed by atoms with E-state index in [1.807, 2.05) is 25.7 Å². The topological polar surface area (TPSA) is 54.0 Å². The Morgan fingerprint density at radius 2 is 1.67 bits per heavy atom. The average molecular weight is 341 g/mol. The Morgan fingerprint density at radius 1 is 1.08 bits per heavy atom. The number of hydrogen-bond acceptors (Lipinski definition) is 5. The Bertz CT molecular complexity index is 406. The normalized spacial score (nSPS) is 21.8. The largest absolute Gasteiger partial charge is 0.444 e. The van der Waals surface area contributed by atoms with Crippen molar-refractivity contribution < 1.29 is 14.3 Å². The zero-order chi connectivity index (χ0) is 17.8.